The molecular formula is C17H13ClF3NO6S. The van der Waals surface area contributed by atoms with E-state index in [1.54, 1.807) is 0 Å². The van der Waals surface area contributed by atoms with Gasteiger partial charge < -0.3 is 20.3 Å². The third-order valence-corrected chi connectivity index (χ3v) is 5.07. The third kappa shape index (κ3) is 6.36. The van der Waals surface area contributed by atoms with Crippen LogP contribution in [0, 0.1) is 0 Å². The number of rotatable bonds is 8. The third-order valence-electron chi connectivity index (χ3n) is 3.39. The van der Waals surface area contributed by atoms with Crippen molar-refractivity contribution in [2.75, 3.05) is 11.9 Å². The number of halogens is 4. The van der Waals surface area contributed by atoms with Crippen molar-refractivity contribution in [3.05, 3.63) is 34.2 Å². The van der Waals surface area contributed by atoms with Crippen LogP contribution in [0.25, 0.3) is 10.4 Å². The molecule has 0 aliphatic carbocycles. The minimum Gasteiger partial charge on any atom is -0.479 e. The van der Waals surface area contributed by atoms with E-state index in [-0.39, 0.29) is 26.2 Å². The smallest absolute Gasteiger partial charge is 0.389 e. The Labute approximate surface area is 170 Å². The van der Waals surface area contributed by atoms with Crippen LogP contribution in [0.4, 0.5) is 18.9 Å². The molecule has 0 fully saturated rings. The van der Waals surface area contributed by atoms with Crippen molar-refractivity contribution in [2.24, 2.45) is 0 Å². The lowest BCUT2D eigenvalue weighted by Gasteiger charge is -2.09. The number of carboxylic acids is 2. The summed E-state index contributed by atoms with van der Waals surface area (Å²) in [6.07, 6.45) is -6.46. The average Bonchev–Trinajstić information content (AvgIpc) is 2.94. The van der Waals surface area contributed by atoms with Gasteiger partial charge in [0, 0.05) is 12.1 Å². The first kappa shape index (κ1) is 22.5. The first-order valence-electron chi connectivity index (χ1n) is 7.85. The maximum atomic E-state index is 12.2. The summed E-state index contributed by atoms with van der Waals surface area (Å²) in [5, 5.41) is 20.2. The summed E-state index contributed by atoms with van der Waals surface area (Å²) in [6.45, 7) is -0.800. The lowest BCUT2D eigenvalue weighted by Crippen LogP contribution is -2.16. The predicted molar refractivity (Wildman–Crippen MR) is 98.8 cm³/mol. The van der Waals surface area contributed by atoms with E-state index in [4.69, 9.17) is 21.4 Å². The van der Waals surface area contributed by atoms with E-state index in [2.05, 4.69) is 5.32 Å². The fraction of sp³-hybridized carbons (Fsp3) is 0.235. The fourth-order valence-corrected chi connectivity index (χ4v) is 3.60. The van der Waals surface area contributed by atoms with E-state index >= 15 is 0 Å². The van der Waals surface area contributed by atoms with Gasteiger partial charge in [0.15, 0.2) is 17.2 Å². The topological polar surface area (TPSA) is 113 Å². The molecule has 2 aromatic rings. The van der Waals surface area contributed by atoms with Crippen LogP contribution in [-0.4, -0.2) is 40.8 Å². The molecule has 0 radical (unpaired) electrons. The fourth-order valence-electron chi connectivity index (χ4n) is 2.20. The molecule has 156 valence electrons. The van der Waals surface area contributed by atoms with Gasteiger partial charge in [-0.05, 0) is 17.7 Å². The average molecular weight is 452 g/mol. The number of amides is 1. The zero-order valence-corrected chi connectivity index (χ0v) is 16.0. The predicted octanol–water partition coefficient (Wildman–Crippen LogP) is 4.51. The zero-order chi connectivity index (χ0) is 21.8. The summed E-state index contributed by atoms with van der Waals surface area (Å²) in [6, 6.07) is 5.87. The molecule has 1 amide bonds. The van der Waals surface area contributed by atoms with Gasteiger partial charge in [-0.2, -0.15) is 13.2 Å². The van der Waals surface area contributed by atoms with Crippen molar-refractivity contribution in [1.82, 2.24) is 0 Å². The van der Waals surface area contributed by atoms with Crippen LogP contribution in [0.3, 0.4) is 0 Å². The van der Waals surface area contributed by atoms with Crippen LogP contribution in [0.2, 0.25) is 5.02 Å². The van der Waals surface area contributed by atoms with Gasteiger partial charge in [-0.15, -0.1) is 11.3 Å². The van der Waals surface area contributed by atoms with Crippen LogP contribution in [-0.2, 0) is 9.59 Å². The minimum absolute atomic E-state index is 0.130. The molecular weight excluding hydrogens is 439 g/mol. The Hall–Kier alpha value is -2.79. The number of carbonyl (C=O) groups is 3. The number of aliphatic carboxylic acids is 1. The molecule has 1 aromatic heterocycles. The Bertz CT molecular complexity index is 944. The van der Waals surface area contributed by atoms with E-state index in [9.17, 15) is 32.7 Å². The first-order valence-corrected chi connectivity index (χ1v) is 9.04. The SMILES string of the molecule is O=C(O)COc1c(C(=O)O)sc(-c2cccc(NC(=O)CCC(F)(F)F)c2)c1Cl. The van der Waals surface area contributed by atoms with Gasteiger partial charge in [-0.3, -0.25) is 4.79 Å². The second-order valence-electron chi connectivity index (χ2n) is 5.64. The maximum Gasteiger partial charge on any atom is 0.389 e. The minimum atomic E-state index is -4.46. The van der Waals surface area contributed by atoms with Gasteiger partial charge in [-0.25, -0.2) is 9.59 Å². The molecule has 0 aliphatic rings. The highest BCUT2D eigenvalue weighted by atomic mass is 35.5. The van der Waals surface area contributed by atoms with Gasteiger partial charge in [0.2, 0.25) is 5.91 Å². The number of hydrogen-bond acceptors (Lipinski definition) is 5. The number of aromatic carboxylic acids is 1. The number of ether oxygens (including phenoxy) is 1. The standard InChI is InChI=1S/C17H13ClF3NO6S/c18-12-13(28-7-11(24)25)15(16(26)27)29-14(12)8-2-1-3-9(6-8)22-10(23)4-5-17(19,20)21/h1-3,6H,4-5,7H2,(H,22,23)(H,24,25)(H,26,27). The van der Waals surface area contributed by atoms with Crippen molar-refractivity contribution in [2.45, 2.75) is 19.0 Å². The van der Waals surface area contributed by atoms with Gasteiger partial charge >= 0.3 is 18.1 Å². The van der Waals surface area contributed by atoms with Gasteiger partial charge in [0.1, 0.15) is 5.02 Å². The Kier molecular flexibility index (Phi) is 7.09. The van der Waals surface area contributed by atoms with E-state index in [1.165, 1.54) is 24.3 Å². The van der Waals surface area contributed by atoms with Gasteiger partial charge in [-0.1, -0.05) is 23.7 Å². The zero-order valence-electron chi connectivity index (χ0n) is 14.4. The molecule has 29 heavy (non-hydrogen) atoms. The van der Waals surface area contributed by atoms with Crippen molar-refractivity contribution in [3.63, 3.8) is 0 Å². The molecule has 2 rings (SSSR count). The van der Waals surface area contributed by atoms with Crippen molar-refractivity contribution in [3.8, 4) is 16.2 Å². The van der Waals surface area contributed by atoms with Crippen LogP contribution < -0.4 is 10.1 Å². The van der Waals surface area contributed by atoms with Crippen LogP contribution in [0.1, 0.15) is 22.5 Å². The highest BCUT2D eigenvalue weighted by molar-refractivity contribution is 7.18. The molecule has 1 aromatic carbocycles. The quantitative estimate of drug-likeness (QED) is 0.544. The summed E-state index contributed by atoms with van der Waals surface area (Å²) >= 11 is 6.90. The second kappa shape index (κ2) is 9.14. The Morgan fingerprint density at radius 2 is 1.90 bits per heavy atom. The molecule has 0 saturated carbocycles. The highest BCUT2D eigenvalue weighted by Crippen LogP contribution is 2.45. The summed E-state index contributed by atoms with van der Waals surface area (Å²) in [7, 11) is 0. The van der Waals surface area contributed by atoms with E-state index in [1.807, 2.05) is 0 Å². The highest BCUT2D eigenvalue weighted by Gasteiger charge is 2.28. The number of carbonyl (C=O) groups excluding carboxylic acids is 1. The Morgan fingerprint density at radius 1 is 1.21 bits per heavy atom. The maximum absolute atomic E-state index is 12.2. The number of thiophene rings is 1. The Morgan fingerprint density at radius 3 is 2.48 bits per heavy atom. The number of anilines is 1. The normalized spacial score (nSPS) is 11.2. The molecule has 0 bridgehead atoms. The first-order chi connectivity index (χ1) is 13.5. The number of carboxylic acid groups (broad SMARTS) is 2. The molecule has 3 N–H and O–H groups in total. The van der Waals surface area contributed by atoms with Crippen LogP contribution in [0.5, 0.6) is 5.75 Å². The molecule has 0 unspecified atom stereocenters. The Balaban J connectivity index is 2.28. The molecule has 0 spiro atoms. The molecule has 0 aliphatic heterocycles. The van der Waals surface area contributed by atoms with E-state index in [0.717, 1.165) is 11.3 Å². The van der Waals surface area contributed by atoms with Crippen molar-refractivity contribution < 1.29 is 42.5 Å². The largest absolute Gasteiger partial charge is 0.479 e. The van der Waals surface area contributed by atoms with E-state index in [0.29, 0.717) is 5.56 Å². The molecule has 12 heteroatoms. The van der Waals surface area contributed by atoms with Crippen LogP contribution >= 0.6 is 22.9 Å². The summed E-state index contributed by atoms with van der Waals surface area (Å²) in [4.78, 5) is 33.7. The summed E-state index contributed by atoms with van der Waals surface area (Å²) in [5.41, 5.74) is 0.547. The van der Waals surface area contributed by atoms with Crippen molar-refractivity contribution >= 4 is 46.5 Å². The molecule has 0 saturated heterocycles. The summed E-state index contributed by atoms with van der Waals surface area (Å²) < 4.78 is 41.6. The lowest BCUT2D eigenvalue weighted by atomic mass is 10.1. The number of alkyl halides is 3. The van der Waals surface area contributed by atoms with Crippen molar-refractivity contribution in [1.29, 1.82) is 0 Å². The van der Waals surface area contributed by atoms with Crippen LogP contribution in [0.15, 0.2) is 24.3 Å². The van der Waals surface area contributed by atoms with Gasteiger partial charge in [0.25, 0.3) is 0 Å². The number of hydrogen-bond donors (Lipinski definition) is 3. The number of nitrogens with one attached hydrogen (secondary N) is 1. The molecule has 7 nitrogen and oxygen atoms in total. The van der Waals surface area contributed by atoms with E-state index < -0.39 is 43.5 Å². The summed E-state index contributed by atoms with van der Waals surface area (Å²) in [5.74, 6) is -3.84. The number of benzene rings is 1. The lowest BCUT2D eigenvalue weighted by molar-refractivity contribution is -0.142. The molecule has 1 heterocycles. The second-order valence-corrected chi connectivity index (χ2v) is 7.03. The van der Waals surface area contributed by atoms with Gasteiger partial charge in [0.05, 0.1) is 11.3 Å². The monoisotopic (exact) mass is 451 g/mol. The molecule has 0 atom stereocenters.